The Labute approximate surface area is 122 Å². The van der Waals surface area contributed by atoms with Crippen LogP contribution in [0, 0.1) is 0 Å². The molecule has 0 spiro atoms. The van der Waals surface area contributed by atoms with Crippen LogP contribution < -0.4 is 5.73 Å². The monoisotopic (exact) mass is 283 g/mol. The first-order valence-electron chi connectivity index (χ1n) is 6.32. The summed E-state index contributed by atoms with van der Waals surface area (Å²) in [4.78, 5) is 4.14. The molecule has 1 unspecified atom stereocenters. The number of aromatic nitrogens is 2. The summed E-state index contributed by atoms with van der Waals surface area (Å²) in [5.41, 5.74) is 8.83. The van der Waals surface area contributed by atoms with Crippen molar-refractivity contribution in [1.82, 2.24) is 9.55 Å². The van der Waals surface area contributed by atoms with Crippen LogP contribution >= 0.6 is 11.6 Å². The van der Waals surface area contributed by atoms with E-state index in [0.717, 1.165) is 21.8 Å². The number of benzene rings is 2. The van der Waals surface area contributed by atoms with Crippen LogP contribution in [0.2, 0.25) is 5.02 Å². The topological polar surface area (TPSA) is 43.8 Å². The minimum Gasteiger partial charge on any atom is -0.399 e. The van der Waals surface area contributed by atoms with E-state index in [9.17, 15) is 0 Å². The Morgan fingerprint density at radius 3 is 2.10 bits per heavy atom. The number of halogens is 1. The van der Waals surface area contributed by atoms with Crippen molar-refractivity contribution < 1.29 is 0 Å². The van der Waals surface area contributed by atoms with Crippen molar-refractivity contribution in [2.75, 3.05) is 5.73 Å². The summed E-state index contributed by atoms with van der Waals surface area (Å²) in [5, 5.41) is 0.732. The highest BCUT2D eigenvalue weighted by molar-refractivity contribution is 6.30. The molecule has 0 saturated heterocycles. The normalized spacial score (nSPS) is 12.2. The molecule has 0 aliphatic rings. The average Bonchev–Trinajstić information content (AvgIpc) is 2.97. The first kappa shape index (κ1) is 12.8. The van der Waals surface area contributed by atoms with Gasteiger partial charge in [-0.05, 0) is 35.4 Å². The molecule has 1 atom stereocenters. The molecule has 0 amide bonds. The van der Waals surface area contributed by atoms with Crippen LogP contribution in [0.1, 0.15) is 17.2 Å². The molecule has 3 rings (SSSR count). The van der Waals surface area contributed by atoms with E-state index in [1.807, 2.05) is 61.1 Å². The Morgan fingerprint density at radius 2 is 1.55 bits per heavy atom. The van der Waals surface area contributed by atoms with Crippen LogP contribution in [-0.4, -0.2) is 9.55 Å². The Kier molecular flexibility index (Phi) is 3.44. The number of nitrogens with two attached hydrogens (primary N) is 1. The van der Waals surface area contributed by atoms with Crippen molar-refractivity contribution in [3.63, 3.8) is 0 Å². The van der Waals surface area contributed by atoms with Gasteiger partial charge in [0, 0.05) is 23.1 Å². The standard InChI is InChI=1S/C16H14ClN3/c17-14-5-1-12(2-6-14)16(20-10-9-19-11-20)13-3-7-15(18)8-4-13/h1-11,16H,18H2. The molecule has 0 bridgehead atoms. The molecule has 2 N–H and O–H groups in total. The Bertz CT molecular complexity index is 627. The molecular weight excluding hydrogens is 270 g/mol. The molecule has 0 fully saturated rings. The molecule has 1 aromatic heterocycles. The maximum Gasteiger partial charge on any atom is 0.0954 e. The lowest BCUT2D eigenvalue weighted by Crippen LogP contribution is -2.10. The smallest absolute Gasteiger partial charge is 0.0954 e. The van der Waals surface area contributed by atoms with Gasteiger partial charge in [0.05, 0.1) is 12.4 Å². The molecule has 0 aliphatic carbocycles. The molecule has 3 nitrogen and oxygen atoms in total. The van der Waals surface area contributed by atoms with Gasteiger partial charge in [-0.2, -0.15) is 0 Å². The number of imidazole rings is 1. The minimum atomic E-state index is 0.0652. The summed E-state index contributed by atoms with van der Waals surface area (Å²) in [7, 11) is 0. The SMILES string of the molecule is Nc1ccc(C(c2ccc(Cl)cc2)n2ccnc2)cc1. The highest BCUT2D eigenvalue weighted by Gasteiger charge is 2.15. The van der Waals surface area contributed by atoms with Crippen LogP contribution in [0.15, 0.2) is 67.3 Å². The molecule has 0 saturated carbocycles. The number of nitrogens with zero attached hydrogens (tertiary/aromatic N) is 2. The summed E-state index contributed by atoms with van der Waals surface area (Å²) in [5.74, 6) is 0. The number of hydrogen-bond acceptors (Lipinski definition) is 2. The van der Waals surface area contributed by atoms with Crippen LogP contribution in [0.4, 0.5) is 5.69 Å². The fraction of sp³-hybridized carbons (Fsp3) is 0.0625. The average molecular weight is 284 g/mol. The first-order valence-corrected chi connectivity index (χ1v) is 6.70. The van der Waals surface area contributed by atoms with Gasteiger partial charge in [-0.25, -0.2) is 4.98 Å². The lowest BCUT2D eigenvalue weighted by atomic mass is 9.98. The highest BCUT2D eigenvalue weighted by Crippen LogP contribution is 2.28. The van der Waals surface area contributed by atoms with Gasteiger partial charge in [-0.15, -0.1) is 0 Å². The van der Waals surface area contributed by atoms with Crippen LogP contribution in [0.3, 0.4) is 0 Å². The largest absolute Gasteiger partial charge is 0.399 e. The first-order chi connectivity index (χ1) is 9.74. The second-order valence-corrected chi connectivity index (χ2v) is 5.07. The summed E-state index contributed by atoms with van der Waals surface area (Å²) in [6, 6.07) is 15.8. The molecule has 4 heteroatoms. The zero-order valence-electron chi connectivity index (χ0n) is 10.8. The molecule has 2 aromatic carbocycles. The number of rotatable bonds is 3. The van der Waals surface area contributed by atoms with Gasteiger partial charge in [-0.3, -0.25) is 0 Å². The highest BCUT2D eigenvalue weighted by atomic mass is 35.5. The fourth-order valence-electron chi connectivity index (χ4n) is 2.28. The van der Waals surface area contributed by atoms with Gasteiger partial charge in [-0.1, -0.05) is 35.9 Å². The van der Waals surface area contributed by atoms with Crippen LogP contribution in [0.25, 0.3) is 0 Å². The molecule has 100 valence electrons. The molecule has 3 aromatic rings. The van der Waals surface area contributed by atoms with Gasteiger partial charge in [0.15, 0.2) is 0 Å². The van der Waals surface area contributed by atoms with E-state index in [2.05, 4.69) is 9.55 Å². The van der Waals surface area contributed by atoms with Crippen molar-refractivity contribution in [3.05, 3.63) is 83.4 Å². The predicted octanol–water partition coefficient (Wildman–Crippen LogP) is 3.76. The van der Waals surface area contributed by atoms with Gasteiger partial charge >= 0.3 is 0 Å². The number of hydrogen-bond donors (Lipinski definition) is 1. The van der Waals surface area contributed by atoms with Gasteiger partial charge in [0.1, 0.15) is 0 Å². The van der Waals surface area contributed by atoms with E-state index in [1.54, 1.807) is 6.20 Å². The van der Waals surface area contributed by atoms with Crippen LogP contribution in [-0.2, 0) is 0 Å². The molecule has 0 aliphatic heterocycles. The number of nitrogen functional groups attached to an aromatic ring is 1. The fourth-order valence-corrected chi connectivity index (χ4v) is 2.41. The van der Waals surface area contributed by atoms with Crippen molar-refractivity contribution in [2.24, 2.45) is 0 Å². The zero-order chi connectivity index (χ0) is 13.9. The maximum atomic E-state index is 5.97. The third-order valence-corrected chi connectivity index (χ3v) is 3.51. The maximum absolute atomic E-state index is 5.97. The molecule has 1 heterocycles. The van der Waals surface area contributed by atoms with Gasteiger partial charge in [0.2, 0.25) is 0 Å². The Balaban J connectivity index is 2.09. The van der Waals surface area contributed by atoms with Crippen molar-refractivity contribution in [3.8, 4) is 0 Å². The Hall–Kier alpha value is -2.26. The summed E-state index contributed by atoms with van der Waals surface area (Å²) in [6.07, 6.45) is 5.55. The lowest BCUT2D eigenvalue weighted by molar-refractivity contribution is 0.677. The van der Waals surface area contributed by atoms with Gasteiger partial charge in [0.25, 0.3) is 0 Å². The predicted molar refractivity (Wildman–Crippen MR) is 81.8 cm³/mol. The number of anilines is 1. The summed E-state index contributed by atoms with van der Waals surface area (Å²) < 4.78 is 2.06. The molecular formula is C16H14ClN3. The van der Waals surface area contributed by atoms with Crippen molar-refractivity contribution in [1.29, 1.82) is 0 Å². The second kappa shape index (κ2) is 5.39. The lowest BCUT2D eigenvalue weighted by Gasteiger charge is -2.20. The van der Waals surface area contributed by atoms with E-state index in [0.29, 0.717) is 0 Å². The van der Waals surface area contributed by atoms with Crippen molar-refractivity contribution in [2.45, 2.75) is 6.04 Å². The zero-order valence-corrected chi connectivity index (χ0v) is 11.5. The van der Waals surface area contributed by atoms with Crippen molar-refractivity contribution >= 4 is 17.3 Å². The third kappa shape index (κ3) is 2.53. The molecule has 0 radical (unpaired) electrons. The van der Waals surface area contributed by atoms with E-state index in [1.165, 1.54) is 0 Å². The Morgan fingerprint density at radius 1 is 0.950 bits per heavy atom. The minimum absolute atomic E-state index is 0.0652. The second-order valence-electron chi connectivity index (χ2n) is 4.63. The van der Waals surface area contributed by atoms with Gasteiger partial charge < -0.3 is 10.3 Å². The van der Waals surface area contributed by atoms with E-state index >= 15 is 0 Å². The van der Waals surface area contributed by atoms with Crippen LogP contribution in [0.5, 0.6) is 0 Å². The summed E-state index contributed by atoms with van der Waals surface area (Å²) >= 11 is 5.97. The van der Waals surface area contributed by atoms with E-state index < -0.39 is 0 Å². The third-order valence-electron chi connectivity index (χ3n) is 3.26. The van der Waals surface area contributed by atoms with E-state index in [-0.39, 0.29) is 6.04 Å². The van der Waals surface area contributed by atoms with E-state index in [4.69, 9.17) is 17.3 Å². The summed E-state index contributed by atoms with van der Waals surface area (Å²) in [6.45, 7) is 0. The molecule has 20 heavy (non-hydrogen) atoms. The quantitative estimate of drug-likeness (QED) is 0.744.